The van der Waals surface area contributed by atoms with E-state index in [-0.39, 0.29) is 35.5 Å². The minimum absolute atomic E-state index is 0.0474. The lowest BCUT2D eigenvalue weighted by atomic mass is 9.70. The fourth-order valence-corrected chi connectivity index (χ4v) is 10.3. The number of benzene rings is 2. The number of hydrogen-bond donors (Lipinski definition) is 2. The quantitative estimate of drug-likeness (QED) is 0.230. The number of hydrogen-bond acceptors (Lipinski definition) is 8. The van der Waals surface area contributed by atoms with Crippen LogP contribution in [0.5, 0.6) is 5.75 Å². The molecule has 262 valence electrons. The van der Waals surface area contributed by atoms with Gasteiger partial charge in [0.25, 0.3) is 5.91 Å². The molecule has 13 heteroatoms. The Labute approximate surface area is 297 Å². The summed E-state index contributed by atoms with van der Waals surface area (Å²) >= 11 is 6.45. The number of halogens is 1. The lowest BCUT2D eigenvalue weighted by Crippen LogP contribution is -2.44. The first-order valence-electron chi connectivity index (χ1n) is 17.5. The van der Waals surface area contributed by atoms with Crippen molar-refractivity contribution < 1.29 is 18.8 Å². The number of amides is 1. The van der Waals surface area contributed by atoms with E-state index in [1.165, 1.54) is 17.5 Å². The van der Waals surface area contributed by atoms with E-state index in [2.05, 4.69) is 41.2 Å². The Kier molecular flexibility index (Phi) is 8.81. The number of nitrogens with zero attached hydrogens (tertiary/aromatic N) is 6. The van der Waals surface area contributed by atoms with Gasteiger partial charge in [-0.05, 0) is 97.7 Å². The van der Waals surface area contributed by atoms with E-state index in [0.717, 1.165) is 55.1 Å². The van der Waals surface area contributed by atoms with E-state index in [0.29, 0.717) is 35.4 Å². The third-order valence-electron chi connectivity index (χ3n) is 10.8. The van der Waals surface area contributed by atoms with Gasteiger partial charge in [0.2, 0.25) is 0 Å². The molecule has 50 heavy (non-hydrogen) atoms. The highest BCUT2D eigenvalue weighted by molar-refractivity contribution is 7.95. The molecule has 1 fully saturated rings. The minimum Gasteiger partial charge on any atom is -0.488 e. The van der Waals surface area contributed by atoms with Crippen LogP contribution in [-0.4, -0.2) is 66.0 Å². The van der Waals surface area contributed by atoms with Crippen molar-refractivity contribution in [2.45, 2.75) is 63.6 Å². The third-order valence-corrected chi connectivity index (χ3v) is 13.0. The number of aliphatic hydroxyl groups is 1. The van der Waals surface area contributed by atoms with Crippen LogP contribution in [0.25, 0.3) is 11.0 Å². The number of aryl methyl sites for hydroxylation is 2. The average Bonchev–Trinajstić information content (AvgIpc) is 3.28. The van der Waals surface area contributed by atoms with Gasteiger partial charge in [-0.25, -0.2) is 14.2 Å². The number of nitrogens with one attached hydrogen (secondary N) is 1. The van der Waals surface area contributed by atoms with Crippen LogP contribution in [0.1, 0.15) is 66.4 Å². The molecule has 0 saturated heterocycles. The van der Waals surface area contributed by atoms with Gasteiger partial charge >= 0.3 is 0 Å². The Hall–Kier alpha value is -4.00. The van der Waals surface area contributed by atoms with Crippen LogP contribution < -0.4 is 14.4 Å². The highest BCUT2D eigenvalue weighted by atomic mass is 35.5. The van der Waals surface area contributed by atoms with Crippen molar-refractivity contribution in [2.75, 3.05) is 28.5 Å². The Morgan fingerprint density at radius 3 is 2.82 bits per heavy atom. The molecule has 2 aliphatic heterocycles. The number of aromatic nitrogens is 4. The molecule has 2 aromatic carbocycles. The number of anilines is 2. The first kappa shape index (κ1) is 33.2. The smallest absolute Gasteiger partial charge is 0.286 e. The number of fused-ring (bicyclic) bond motifs is 6. The predicted octanol–water partition coefficient (Wildman–Crippen LogP) is 6.32. The van der Waals surface area contributed by atoms with Crippen LogP contribution >= 0.6 is 11.6 Å². The Bertz CT molecular complexity index is 2110. The van der Waals surface area contributed by atoms with Crippen LogP contribution in [0.2, 0.25) is 5.02 Å². The maximum atomic E-state index is 14.7. The highest BCUT2D eigenvalue weighted by Gasteiger charge is 2.40. The molecule has 2 aliphatic carbocycles. The zero-order valence-corrected chi connectivity index (χ0v) is 29.8. The minimum atomic E-state index is -3.38. The summed E-state index contributed by atoms with van der Waals surface area (Å²) in [5, 5.41) is 17.0. The van der Waals surface area contributed by atoms with Crippen LogP contribution in [0.3, 0.4) is 0 Å². The zero-order valence-electron chi connectivity index (χ0n) is 28.2. The summed E-state index contributed by atoms with van der Waals surface area (Å²) in [7, 11) is -1.60. The lowest BCUT2D eigenvalue weighted by Gasteiger charge is -2.42. The lowest BCUT2D eigenvalue weighted by molar-refractivity contribution is 0.0459. The number of carbonyl (C=O) groups is 1. The second kappa shape index (κ2) is 13.3. The van der Waals surface area contributed by atoms with Crippen molar-refractivity contribution in [3.05, 3.63) is 82.8 Å². The van der Waals surface area contributed by atoms with Gasteiger partial charge in [-0.15, -0.1) is 4.36 Å². The molecule has 0 spiro atoms. The predicted molar refractivity (Wildman–Crippen MR) is 195 cm³/mol. The van der Waals surface area contributed by atoms with Gasteiger partial charge in [-0.2, -0.15) is 5.10 Å². The van der Waals surface area contributed by atoms with Crippen molar-refractivity contribution in [3.8, 4) is 5.75 Å². The molecule has 2 N–H and O–H groups in total. The van der Waals surface area contributed by atoms with E-state index in [1.807, 2.05) is 37.3 Å². The molecule has 2 unspecified atom stereocenters. The first-order valence-corrected chi connectivity index (χ1v) is 19.6. The van der Waals surface area contributed by atoms with E-state index < -0.39 is 21.9 Å². The maximum Gasteiger partial charge on any atom is 0.286 e. The van der Waals surface area contributed by atoms with Crippen molar-refractivity contribution in [2.24, 2.45) is 29.2 Å². The maximum absolute atomic E-state index is 14.7. The van der Waals surface area contributed by atoms with E-state index >= 15 is 0 Å². The summed E-state index contributed by atoms with van der Waals surface area (Å²) in [6, 6.07) is 11.6. The Morgan fingerprint density at radius 1 is 1.10 bits per heavy atom. The van der Waals surface area contributed by atoms with Crippen LogP contribution in [-0.2, 0) is 23.4 Å². The van der Waals surface area contributed by atoms with Gasteiger partial charge in [0.15, 0.2) is 11.5 Å². The van der Waals surface area contributed by atoms with Crippen molar-refractivity contribution in [1.29, 1.82) is 0 Å². The molecule has 0 radical (unpaired) electrons. The number of rotatable bonds is 2. The number of aliphatic hydroxyl groups excluding tert-OH is 1. The average molecular weight is 716 g/mol. The van der Waals surface area contributed by atoms with E-state index in [9.17, 15) is 14.1 Å². The fourth-order valence-electron chi connectivity index (χ4n) is 8.15. The van der Waals surface area contributed by atoms with Crippen molar-refractivity contribution >= 4 is 50.0 Å². The van der Waals surface area contributed by atoms with E-state index in [1.54, 1.807) is 24.0 Å². The molecule has 2 aromatic heterocycles. The van der Waals surface area contributed by atoms with Gasteiger partial charge < -0.3 is 14.7 Å². The molecule has 7 atom stereocenters. The normalized spacial score (nSPS) is 30.3. The highest BCUT2D eigenvalue weighted by Crippen LogP contribution is 2.45. The monoisotopic (exact) mass is 715 g/mol. The van der Waals surface area contributed by atoms with Crippen LogP contribution in [0.4, 0.5) is 11.5 Å². The summed E-state index contributed by atoms with van der Waals surface area (Å²) in [6.07, 6.45) is 11.7. The summed E-state index contributed by atoms with van der Waals surface area (Å²) < 4.78 is 30.6. The third kappa shape index (κ3) is 6.49. The van der Waals surface area contributed by atoms with Gasteiger partial charge in [0.05, 0.1) is 22.9 Å². The summed E-state index contributed by atoms with van der Waals surface area (Å²) in [5.41, 5.74) is 4.11. The fraction of sp³-hybridized carbons (Fsp3) is 0.459. The molecule has 11 nitrogen and oxygen atoms in total. The Balaban J connectivity index is 1.22. The second-order valence-electron chi connectivity index (χ2n) is 14.4. The topological polar surface area (TPSA) is 135 Å². The number of carbonyl (C=O) groups excluding carboxylic acids is 1. The van der Waals surface area contributed by atoms with Crippen molar-refractivity contribution in [1.82, 2.24) is 19.7 Å². The van der Waals surface area contributed by atoms with Crippen LogP contribution in [0.15, 0.2) is 65.4 Å². The van der Waals surface area contributed by atoms with Crippen LogP contribution in [0, 0.1) is 17.8 Å². The molecule has 8 rings (SSSR count). The van der Waals surface area contributed by atoms with Crippen molar-refractivity contribution in [3.63, 3.8) is 0 Å². The molecule has 4 aliphatic rings. The van der Waals surface area contributed by atoms with Gasteiger partial charge in [-0.1, -0.05) is 36.7 Å². The molecule has 1 amide bonds. The van der Waals surface area contributed by atoms with E-state index in [4.69, 9.17) is 16.3 Å². The molecule has 1 saturated carbocycles. The molecular weight excluding hydrogens is 674 g/mol. The number of allylic oxidation sites excluding steroid dienone is 1. The SMILES string of the molecule is C[C@H]1C/C=C/[C@H](O)[C@@H]2CC[C@H]2CN2C[C@@H]3c4ccc(Cl)cc4CCCC3Oc3ccc(cc32)C(=O)N=S(=O)(Nc2ncnc3nn(C)cc23)C1. The van der Waals surface area contributed by atoms with Gasteiger partial charge in [-0.3, -0.25) is 14.2 Å². The summed E-state index contributed by atoms with van der Waals surface area (Å²) in [4.78, 5) is 25.0. The molecule has 2 bridgehead atoms. The second-order valence-corrected chi connectivity index (χ2v) is 16.9. The largest absolute Gasteiger partial charge is 0.488 e. The standard InChI is InChI=1S/C37H42ClN7O4S/c1-22-5-3-7-32(46)28-12-9-25(28)17-45-19-29-27-13-11-26(38)15-23(27)6-4-8-33(29)49-34-14-10-24(16-31(34)45)37(47)43-50(48,20-22)42-36-30-18-44(2)41-35(30)39-21-40-36/h3,7,10-11,13-16,18,21-22,25,28-29,32-33,46H,4-6,8-9,12,17,19-20H2,1-2H3,(H,39,40,41,42,43,47,48)/b7-3+/t22-,25-,28+,29+,32-,33?,50?/m0/s1. The molecular formula is C37H42ClN7O4S. The Morgan fingerprint density at radius 2 is 1.98 bits per heavy atom. The summed E-state index contributed by atoms with van der Waals surface area (Å²) in [5.74, 6) is 0.916. The zero-order chi connectivity index (χ0) is 34.6. The van der Waals surface area contributed by atoms with Gasteiger partial charge in [0, 0.05) is 42.8 Å². The molecule has 4 aromatic rings. The first-order chi connectivity index (χ1) is 24.1. The van der Waals surface area contributed by atoms with Gasteiger partial charge in [0.1, 0.15) is 28.1 Å². The summed E-state index contributed by atoms with van der Waals surface area (Å²) in [6.45, 7) is 3.38. The molecule has 4 heterocycles. The number of ether oxygens (including phenoxy) is 1.